The van der Waals surface area contributed by atoms with Crippen molar-refractivity contribution in [2.24, 2.45) is 0 Å². The molecule has 0 saturated carbocycles. The molecule has 1 aliphatic heterocycles. The lowest BCUT2D eigenvalue weighted by Gasteiger charge is -2.13. The fraction of sp³-hybridized carbons (Fsp3) is 0.304. The van der Waals surface area contributed by atoms with Gasteiger partial charge in [-0.2, -0.15) is 13.2 Å². The second-order valence-electron chi connectivity index (χ2n) is 7.84. The molecule has 3 aromatic rings. The highest BCUT2D eigenvalue weighted by atomic mass is 19.4. The molecule has 1 fully saturated rings. The Morgan fingerprint density at radius 2 is 2.06 bits per heavy atom. The van der Waals surface area contributed by atoms with Crippen molar-refractivity contribution in [3.05, 3.63) is 42.2 Å². The number of carbonyl (C=O) groups excluding carboxylic acids is 1. The Morgan fingerprint density at radius 3 is 2.76 bits per heavy atom. The highest BCUT2D eigenvalue weighted by molar-refractivity contribution is 5.91. The van der Waals surface area contributed by atoms with Gasteiger partial charge in [0.05, 0.1) is 18.7 Å². The molecule has 11 heteroatoms. The van der Waals surface area contributed by atoms with Crippen molar-refractivity contribution in [2.75, 3.05) is 25.9 Å². The lowest BCUT2D eigenvalue weighted by Crippen LogP contribution is -2.37. The number of rotatable bonds is 4. The lowest BCUT2D eigenvalue weighted by atomic mass is 10.0. The Kier molecular flexibility index (Phi) is 6.01. The fourth-order valence-electron chi connectivity index (χ4n) is 3.46. The van der Waals surface area contributed by atoms with Crippen LogP contribution in [0, 0.1) is 11.8 Å². The summed E-state index contributed by atoms with van der Waals surface area (Å²) in [6.45, 7) is -0.190. The number of nitrogen functional groups attached to an aromatic ring is 1. The van der Waals surface area contributed by atoms with Gasteiger partial charge in [-0.25, -0.2) is 15.0 Å². The van der Waals surface area contributed by atoms with Gasteiger partial charge in [-0.15, -0.1) is 0 Å². The maximum Gasteiger partial charge on any atom is 0.392 e. The van der Waals surface area contributed by atoms with Crippen LogP contribution in [-0.2, 0) is 4.79 Å². The lowest BCUT2D eigenvalue weighted by molar-refractivity contribution is -0.139. The van der Waals surface area contributed by atoms with Gasteiger partial charge in [-0.1, -0.05) is 24.0 Å². The van der Waals surface area contributed by atoms with E-state index in [9.17, 15) is 23.1 Å². The van der Waals surface area contributed by atoms with Gasteiger partial charge in [0.2, 0.25) is 5.60 Å². The van der Waals surface area contributed by atoms with Gasteiger partial charge in [-0.3, -0.25) is 4.79 Å². The Morgan fingerprint density at radius 1 is 1.26 bits per heavy atom. The minimum absolute atomic E-state index is 0.0505. The molecule has 4 rings (SSSR count). The van der Waals surface area contributed by atoms with Crippen LogP contribution in [0.4, 0.5) is 19.0 Å². The van der Waals surface area contributed by atoms with Crippen molar-refractivity contribution < 1.29 is 27.8 Å². The second kappa shape index (κ2) is 8.79. The zero-order chi connectivity index (χ0) is 24.5. The van der Waals surface area contributed by atoms with Crippen LogP contribution in [0.5, 0.6) is 5.75 Å². The zero-order valence-electron chi connectivity index (χ0n) is 18.1. The number of carbonyl (C=O) groups is 1. The molecule has 176 valence electrons. The maximum absolute atomic E-state index is 12.6. The van der Waals surface area contributed by atoms with Crippen LogP contribution in [0.2, 0.25) is 0 Å². The summed E-state index contributed by atoms with van der Waals surface area (Å²) in [4.78, 5) is 26.0. The fourth-order valence-corrected chi connectivity index (χ4v) is 3.46. The number of benzene rings is 1. The van der Waals surface area contributed by atoms with Crippen molar-refractivity contribution in [2.45, 2.75) is 24.6 Å². The number of hydrogen-bond donors (Lipinski definition) is 2. The summed E-state index contributed by atoms with van der Waals surface area (Å²) in [5.74, 6) is 5.15. The third-order valence-electron chi connectivity index (χ3n) is 5.31. The van der Waals surface area contributed by atoms with E-state index < -0.39 is 30.7 Å². The predicted molar refractivity (Wildman–Crippen MR) is 117 cm³/mol. The van der Waals surface area contributed by atoms with E-state index in [0.717, 1.165) is 0 Å². The number of hydrogen-bond acceptors (Lipinski definition) is 7. The minimum Gasteiger partial charge on any atom is -0.491 e. The Hall–Kier alpha value is -3.91. The number of aromatic nitrogens is 3. The van der Waals surface area contributed by atoms with Crippen LogP contribution in [0.25, 0.3) is 22.3 Å². The summed E-state index contributed by atoms with van der Waals surface area (Å²) in [6, 6.07) is 8.27. The topological polar surface area (TPSA) is 114 Å². The summed E-state index contributed by atoms with van der Waals surface area (Å²) in [5.41, 5.74) is 6.00. The van der Waals surface area contributed by atoms with Crippen molar-refractivity contribution in [1.82, 2.24) is 19.9 Å². The monoisotopic (exact) mass is 471 g/mol. The number of alkyl halides is 3. The first-order valence-corrected chi connectivity index (χ1v) is 10.3. The molecule has 0 aliphatic carbocycles. The Balaban J connectivity index is 1.70. The Labute approximate surface area is 192 Å². The van der Waals surface area contributed by atoms with Gasteiger partial charge in [-0.05, 0) is 12.1 Å². The molecule has 1 saturated heterocycles. The van der Waals surface area contributed by atoms with E-state index in [4.69, 9.17) is 10.5 Å². The molecule has 0 unspecified atom stereocenters. The second-order valence-corrected chi connectivity index (χ2v) is 7.84. The van der Waals surface area contributed by atoms with Crippen LogP contribution in [0.3, 0.4) is 0 Å². The van der Waals surface area contributed by atoms with Crippen LogP contribution >= 0.6 is 0 Å². The molecule has 1 aliphatic rings. The van der Waals surface area contributed by atoms with E-state index in [2.05, 4.69) is 26.8 Å². The molecule has 3 N–H and O–H groups in total. The molecular weight excluding hydrogens is 451 g/mol. The van der Waals surface area contributed by atoms with Gasteiger partial charge in [0, 0.05) is 37.2 Å². The molecule has 1 atom stereocenters. The van der Waals surface area contributed by atoms with E-state index >= 15 is 0 Å². The largest absolute Gasteiger partial charge is 0.491 e. The molecule has 34 heavy (non-hydrogen) atoms. The number of likely N-dealkylation sites (N-methyl/N-ethyl adjacent to an activating group) is 1. The zero-order valence-corrected chi connectivity index (χ0v) is 18.1. The van der Waals surface area contributed by atoms with Crippen LogP contribution in [-0.4, -0.2) is 62.8 Å². The number of amides is 1. The number of nitrogens with two attached hydrogens (primary N) is 1. The van der Waals surface area contributed by atoms with Crippen LogP contribution < -0.4 is 10.5 Å². The number of likely N-dealkylation sites (tertiary alicyclic amines) is 1. The maximum atomic E-state index is 12.6. The third-order valence-corrected chi connectivity index (χ3v) is 5.31. The summed E-state index contributed by atoms with van der Waals surface area (Å²) >= 11 is 0. The van der Waals surface area contributed by atoms with Crippen LogP contribution in [0.1, 0.15) is 18.4 Å². The smallest absolute Gasteiger partial charge is 0.392 e. The SMILES string of the molecule is CN1CC[C@@](O)(C#Cc2cccc(-c3cc(OCCC(F)(F)F)c4ncnc(N)c4n3)c2)C1=O. The van der Waals surface area contributed by atoms with Crippen molar-refractivity contribution in [1.29, 1.82) is 0 Å². The summed E-state index contributed by atoms with van der Waals surface area (Å²) < 4.78 is 43.2. The van der Waals surface area contributed by atoms with Crippen LogP contribution in [0.15, 0.2) is 36.7 Å². The molecule has 2 aromatic heterocycles. The van der Waals surface area contributed by atoms with Crippen molar-refractivity contribution in [3.8, 4) is 28.8 Å². The molecule has 0 spiro atoms. The average Bonchev–Trinajstić information content (AvgIpc) is 3.05. The summed E-state index contributed by atoms with van der Waals surface area (Å²) in [6.07, 6.45) is -4.11. The number of pyridine rings is 1. The van der Waals surface area contributed by atoms with Gasteiger partial charge < -0.3 is 20.5 Å². The number of halogens is 3. The highest BCUT2D eigenvalue weighted by Crippen LogP contribution is 2.31. The van der Waals surface area contributed by atoms with Gasteiger partial charge in [0.15, 0.2) is 5.82 Å². The van der Waals surface area contributed by atoms with E-state index in [1.165, 1.54) is 17.3 Å². The standard InChI is InChI=1S/C23H20F3N5O3/c1-31-9-7-22(33,21(31)32)6-5-14-3-2-4-15(11-14)16-12-17(34-10-8-23(24,25)26)18-19(30-16)20(27)29-13-28-18/h2-4,11-13,33H,7-10H2,1H3,(H2,27,28,29)/t22-/m0/s1. The van der Waals surface area contributed by atoms with Crippen molar-refractivity contribution >= 4 is 22.8 Å². The quantitative estimate of drug-likeness (QED) is 0.562. The molecule has 3 heterocycles. The Bertz CT molecular complexity index is 1320. The minimum atomic E-state index is -4.37. The summed E-state index contributed by atoms with van der Waals surface area (Å²) in [7, 11) is 1.60. The van der Waals surface area contributed by atoms with Gasteiger partial charge in [0.25, 0.3) is 5.91 Å². The molecule has 1 amide bonds. The van der Waals surface area contributed by atoms with E-state index in [1.807, 2.05) is 0 Å². The molecule has 8 nitrogen and oxygen atoms in total. The first kappa shape index (κ1) is 23.3. The summed E-state index contributed by atoms with van der Waals surface area (Å²) in [5, 5.41) is 10.5. The van der Waals surface area contributed by atoms with Crippen molar-refractivity contribution in [3.63, 3.8) is 0 Å². The molecule has 0 bridgehead atoms. The average molecular weight is 471 g/mol. The highest BCUT2D eigenvalue weighted by Gasteiger charge is 2.42. The first-order chi connectivity index (χ1) is 16.1. The predicted octanol–water partition coefficient (Wildman–Crippen LogP) is 2.55. The normalized spacial score (nSPS) is 18.1. The third kappa shape index (κ3) is 4.87. The van der Waals surface area contributed by atoms with E-state index in [-0.39, 0.29) is 29.0 Å². The number of fused-ring (bicyclic) bond motifs is 1. The first-order valence-electron chi connectivity index (χ1n) is 10.3. The molecule has 1 aromatic carbocycles. The van der Waals surface area contributed by atoms with E-state index in [0.29, 0.717) is 23.4 Å². The number of anilines is 1. The molecular formula is C23H20F3N5O3. The van der Waals surface area contributed by atoms with Gasteiger partial charge in [0.1, 0.15) is 23.1 Å². The number of aliphatic hydroxyl groups is 1. The number of nitrogens with zero attached hydrogens (tertiary/aromatic N) is 4. The molecule has 0 radical (unpaired) electrons. The number of ether oxygens (including phenoxy) is 1. The van der Waals surface area contributed by atoms with Gasteiger partial charge >= 0.3 is 6.18 Å². The van der Waals surface area contributed by atoms with E-state index in [1.54, 1.807) is 31.3 Å².